The molecule has 0 amide bonds. The summed E-state index contributed by atoms with van der Waals surface area (Å²) in [6, 6.07) is 1.44. The molecule has 1 aromatic heterocycles. The highest BCUT2D eigenvalue weighted by Crippen LogP contribution is 2.00. The van der Waals surface area contributed by atoms with Crippen LogP contribution in [0.25, 0.3) is 0 Å². The largest absolute Gasteiger partial charge is 0.462 e. The van der Waals surface area contributed by atoms with Crippen molar-refractivity contribution in [2.45, 2.75) is 6.92 Å². The Kier molecular flexibility index (Phi) is 2.90. The van der Waals surface area contributed by atoms with Gasteiger partial charge in [-0.1, -0.05) is 5.46 Å². The van der Waals surface area contributed by atoms with Crippen molar-refractivity contribution in [3.05, 3.63) is 17.8 Å². The number of carbonyl (C=O) groups excluding carboxylic acids is 1. The van der Waals surface area contributed by atoms with Gasteiger partial charge >= 0.3 is 5.97 Å². The van der Waals surface area contributed by atoms with E-state index in [0.717, 1.165) is 0 Å². The molecule has 0 aliphatic carbocycles. The zero-order valence-electron chi connectivity index (χ0n) is 7.28. The molecule has 1 rings (SSSR count). The van der Waals surface area contributed by atoms with E-state index in [9.17, 15) is 4.79 Å². The second-order valence-corrected chi connectivity index (χ2v) is 2.42. The Labute approximate surface area is 77.5 Å². The zero-order valence-corrected chi connectivity index (χ0v) is 7.28. The predicted octanol–water partition coefficient (Wildman–Crippen LogP) is -0.366. The molecule has 0 unspecified atom stereocenters. The molecule has 4 nitrogen and oxygen atoms in total. The molecule has 66 valence electrons. The minimum absolute atomic E-state index is 0.216. The molecule has 0 spiro atoms. The number of pyridine rings is 1. The van der Waals surface area contributed by atoms with Gasteiger partial charge in [0.2, 0.25) is 0 Å². The molecule has 1 heterocycles. The van der Waals surface area contributed by atoms with Crippen LogP contribution in [-0.4, -0.2) is 25.4 Å². The first-order valence-corrected chi connectivity index (χ1v) is 3.83. The van der Waals surface area contributed by atoms with Gasteiger partial charge in [-0.2, -0.15) is 0 Å². The number of nitrogens with two attached hydrogens (primary N) is 1. The number of nitrogens with zero attached hydrogens (tertiary/aromatic N) is 1. The van der Waals surface area contributed by atoms with Crippen molar-refractivity contribution in [2.75, 3.05) is 12.3 Å². The van der Waals surface area contributed by atoms with Gasteiger partial charge in [-0.15, -0.1) is 0 Å². The highest BCUT2D eigenvalue weighted by Gasteiger charge is 2.07. The number of nitrogen functional groups attached to an aromatic ring is 1. The number of carbonyl (C=O) groups is 1. The van der Waals surface area contributed by atoms with E-state index in [1.165, 1.54) is 12.3 Å². The summed E-state index contributed by atoms with van der Waals surface area (Å²) >= 11 is 0. The Balaban J connectivity index is 2.90. The summed E-state index contributed by atoms with van der Waals surface area (Å²) in [6.07, 6.45) is 1.34. The van der Waals surface area contributed by atoms with E-state index in [0.29, 0.717) is 12.2 Å². The van der Waals surface area contributed by atoms with Crippen molar-refractivity contribution in [2.24, 2.45) is 0 Å². The summed E-state index contributed by atoms with van der Waals surface area (Å²) in [5, 5.41) is 0. The second-order valence-electron chi connectivity index (χ2n) is 2.42. The van der Waals surface area contributed by atoms with Gasteiger partial charge in [0, 0.05) is 6.20 Å². The van der Waals surface area contributed by atoms with E-state index in [1.54, 1.807) is 6.92 Å². The molecule has 0 aliphatic heterocycles. The van der Waals surface area contributed by atoms with Gasteiger partial charge in [-0.05, 0) is 13.0 Å². The molecule has 0 bridgehead atoms. The lowest BCUT2D eigenvalue weighted by molar-refractivity contribution is 0.0526. The van der Waals surface area contributed by atoms with Crippen LogP contribution in [0.2, 0.25) is 0 Å². The number of hydrogen-bond acceptors (Lipinski definition) is 4. The lowest BCUT2D eigenvalue weighted by atomic mass is 9.96. The van der Waals surface area contributed by atoms with Crippen molar-refractivity contribution in [3.8, 4) is 0 Å². The van der Waals surface area contributed by atoms with Gasteiger partial charge < -0.3 is 10.5 Å². The first-order valence-electron chi connectivity index (χ1n) is 3.83. The zero-order chi connectivity index (χ0) is 9.84. The SMILES string of the molecule is [B]c1cc(C(=O)OCC)cnc1N. The van der Waals surface area contributed by atoms with Crippen LogP contribution in [0.4, 0.5) is 5.82 Å². The van der Waals surface area contributed by atoms with E-state index in [2.05, 4.69) is 4.98 Å². The maximum absolute atomic E-state index is 11.1. The van der Waals surface area contributed by atoms with Gasteiger partial charge in [0.25, 0.3) is 0 Å². The monoisotopic (exact) mass is 176 g/mol. The number of aromatic nitrogens is 1. The second kappa shape index (κ2) is 3.93. The van der Waals surface area contributed by atoms with Gasteiger partial charge in [-0.25, -0.2) is 9.78 Å². The molecular weight excluding hydrogens is 167 g/mol. The third kappa shape index (κ3) is 2.21. The molecule has 0 atom stereocenters. The van der Waals surface area contributed by atoms with Crippen LogP contribution in [-0.2, 0) is 4.74 Å². The molecule has 0 saturated carbocycles. The lowest BCUT2D eigenvalue weighted by Crippen LogP contribution is -2.15. The van der Waals surface area contributed by atoms with E-state index < -0.39 is 5.97 Å². The first kappa shape index (κ1) is 9.57. The number of hydrogen-bond donors (Lipinski definition) is 1. The van der Waals surface area contributed by atoms with E-state index >= 15 is 0 Å². The normalized spacial score (nSPS) is 9.62. The standard InChI is InChI=1S/C8H9BN2O2/c1-2-13-8(12)5-3-6(9)7(10)11-4-5/h3-4H,2H2,1H3,(H2,10,11). The number of ether oxygens (including phenoxy) is 1. The van der Waals surface area contributed by atoms with Gasteiger partial charge in [0.05, 0.1) is 12.2 Å². The quantitative estimate of drug-likeness (QED) is 0.493. The molecule has 5 heteroatoms. The molecule has 13 heavy (non-hydrogen) atoms. The van der Waals surface area contributed by atoms with Crippen molar-refractivity contribution in [3.63, 3.8) is 0 Å². The summed E-state index contributed by atoms with van der Waals surface area (Å²) in [5.74, 6) is -0.227. The number of esters is 1. The maximum Gasteiger partial charge on any atom is 0.339 e. The smallest absolute Gasteiger partial charge is 0.339 e. The predicted molar refractivity (Wildman–Crippen MR) is 50.0 cm³/mol. The first-order chi connectivity index (χ1) is 6.15. The Bertz CT molecular complexity index is 328. The number of rotatable bonds is 2. The van der Waals surface area contributed by atoms with Crippen LogP contribution in [0.5, 0.6) is 0 Å². The van der Waals surface area contributed by atoms with Crippen molar-refractivity contribution in [1.29, 1.82) is 0 Å². The van der Waals surface area contributed by atoms with Crippen LogP contribution >= 0.6 is 0 Å². The molecule has 0 saturated heterocycles. The van der Waals surface area contributed by atoms with Crippen molar-refractivity contribution >= 4 is 25.1 Å². The Hall–Kier alpha value is -1.52. The van der Waals surface area contributed by atoms with Crippen molar-refractivity contribution < 1.29 is 9.53 Å². The maximum atomic E-state index is 11.1. The fourth-order valence-corrected chi connectivity index (χ4v) is 0.818. The van der Waals surface area contributed by atoms with Crippen molar-refractivity contribution in [1.82, 2.24) is 4.98 Å². The minimum Gasteiger partial charge on any atom is -0.462 e. The molecule has 1 aromatic rings. The van der Waals surface area contributed by atoms with Gasteiger partial charge in [-0.3, -0.25) is 0 Å². The highest BCUT2D eigenvalue weighted by atomic mass is 16.5. The Morgan fingerprint density at radius 2 is 2.46 bits per heavy atom. The van der Waals surface area contributed by atoms with Crippen LogP contribution in [0.3, 0.4) is 0 Å². The Morgan fingerprint density at radius 1 is 1.77 bits per heavy atom. The van der Waals surface area contributed by atoms with E-state index in [-0.39, 0.29) is 11.3 Å². The third-order valence-corrected chi connectivity index (χ3v) is 1.46. The van der Waals surface area contributed by atoms with Crippen LogP contribution in [0, 0.1) is 0 Å². The fourth-order valence-electron chi connectivity index (χ4n) is 0.818. The molecule has 0 fully saturated rings. The third-order valence-electron chi connectivity index (χ3n) is 1.46. The van der Waals surface area contributed by atoms with Gasteiger partial charge in [0.15, 0.2) is 0 Å². The topological polar surface area (TPSA) is 65.2 Å². The van der Waals surface area contributed by atoms with E-state index in [1.807, 2.05) is 0 Å². The van der Waals surface area contributed by atoms with Gasteiger partial charge in [0.1, 0.15) is 13.7 Å². The molecular formula is C8H9BN2O2. The average molecular weight is 176 g/mol. The number of anilines is 1. The highest BCUT2D eigenvalue weighted by molar-refractivity contribution is 6.35. The summed E-state index contributed by atoms with van der Waals surface area (Å²) in [6.45, 7) is 2.05. The average Bonchev–Trinajstić information content (AvgIpc) is 2.10. The minimum atomic E-state index is -0.443. The van der Waals surface area contributed by atoms with Crippen LogP contribution in [0.1, 0.15) is 17.3 Å². The molecule has 2 N–H and O–H groups in total. The lowest BCUT2D eigenvalue weighted by Gasteiger charge is -2.03. The molecule has 2 radical (unpaired) electrons. The van der Waals surface area contributed by atoms with Crippen LogP contribution < -0.4 is 11.2 Å². The summed E-state index contributed by atoms with van der Waals surface area (Å²) in [5.41, 5.74) is 5.97. The van der Waals surface area contributed by atoms with Crippen LogP contribution in [0.15, 0.2) is 12.3 Å². The summed E-state index contributed by atoms with van der Waals surface area (Å²) in [7, 11) is 5.46. The Morgan fingerprint density at radius 3 is 3.00 bits per heavy atom. The summed E-state index contributed by atoms with van der Waals surface area (Å²) < 4.78 is 4.75. The summed E-state index contributed by atoms with van der Waals surface area (Å²) in [4.78, 5) is 14.9. The fraction of sp³-hybridized carbons (Fsp3) is 0.250. The van der Waals surface area contributed by atoms with E-state index in [4.69, 9.17) is 18.3 Å². The molecule has 0 aliphatic rings. The molecule has 0 aromatic carbocycles.